The molecule has 1 fully saturated rings. The van der Waals surface area contributed by atoms with Gasteiger partial charge in [0.15, 0.2) is 0 Å². The largest absolute Gasteiger partial charge is 0.379 e. The number of carbonyl (C=O) groups is 1. The Balaban J connectivity index is 1.41. The van der Waals surface area contributed by atoms with Gasteiger partial charge in [0.2, 0.25) is 5.91 Å². The number of benzene rings is 3. The summed E-state index contributed by atoms with van der Waals surface area (Å²) in [6, 6.07) is 28.6. The van der Waals surface area contributed by atoms with Crippen molar-refractivity contribution in [3.05, 3.63) is 114 Å². The molecule has 1 aliphatic rings. The fraction of sp³-hybridized carbons (Fsp3) is 0.241. The molecule has 0 aliphatic carbocycles. The zero-order valence-corrected chi connectivity index (χ0v) is 18.6. The monoisotopic (exact) mass is 436 g/mol. The second-order valence-electron chi connectivity index (χ2n) is 8.70. The van der Waals surface area contributed by atoms with Crippen molar-refractivity contribution in [3.8, 4) is 0 Å². The summed E-state index contributed by atoms with van der Waals surface area (Å²) in [4.78, 5) is 20.3. The number of carbonyl (C=O) groups excluding carboxylic acids is 1. The molecule has 4 aromatic rings. The van der Waals surface area contributed by atoms with Crippen LogP contribution in [0.2, 0.25) is 0 Å². The Labute approximate surface area is 194 Å². The van der Waals surface area contributed by atoms with E-state index in [9.17, 15) is 4.79 Å². The standard InChI is InChI=1S/C29H28N2O2/c32-29(28(24-8-3-1-4-9-24)25-10-5-2-6-11-25)31-16-17-33-21-22(20-31)18-26-13-7-12-23-14-15-30-19-27(23)26/h1-15,19,22,28H,16-18,20-21H2. The first-order chi connectivity index (χ1) is 16.3. The Morgan fingerprint density at radius 1 is 0.939 bits per heavy atom. The third-order valence-electron chi connectivity index (χ3n) is 6.44. The van der Waals surface area contributed by atoms with E-state index in [1.54, 1.807) is 0 Å². The maximum absolute atomic E-state index is 13.9. The summed E-state index contributed by atoms with van der Waals surface area (Å²) >= 11 is 0. The van der Waals surface area contributed by atoms with Crippen LogP contribution in [-0.2, 0) is 16.0 Å². The van der Waals surface area contributed by atoms with Gasteiger partial charge in [-0.1, -0.05) is 78.9 Å². The first-order valence-corrected chi connectivity index (χ1v) is 11.6. The van der Waals surface area contributed by atoms with Crippen LogP contribution in [0, 0.1) is 5.92 Å². The van der Waals surface area contributed by atoms with E-state index in [-0.39, 0.29) is 17.7 Å². The molecule has 0 spiro atoms. The minimum Gasteiger partial charge on any atom is -0.379 e. The highest BCUT2D eigenvalue weighted by molar-refractivity contribution is 5.87. The number of hydrogen-bond donors (Lipinski definition) is 0. The fourth-order valence-corrected chi connectivity index (χ4v) is 4.82. The van der Waals surface area contributed by atoms with Crippen LogP contribution >= 0.6 is 0 Å². The lowest BCUT2D eigenvalue weighted by Crippen LogP contribution is -2.39. The van der Waals surface area contributed by atoms with Gasteiger partial charge in [-0.15, -0.1) is 0 Å². The fourth-order valence-electron chi connectivity index (χ4n) is 4.82. The quantitative estimate of drug-likeness (QED) is 0.438. The Morgan fingerprint density at radius 3 is 2.39 bits per heavy atom. The Kier molecular flexibility index (Phi) is 6.45. The van der Waals surface area contributed by atoms with E-state index in [1.807, 2.05) is 84.0 Å². The molecule has 0 bridgehead atoms. The van der Waals surface area contributed by atoms with Crippen molar-refractivity contribution < 1.29 is 9.53 Å². The summed E-state index contributed by atoms with van der Waals surface area (Å²) in [7, 11) is 0. The Hall–Kier alpha value is -3.50. The molecule has 4 heteroatoms. The molecule has 1 saturated heterocycles. The summed E-state index contributed by atoms with van der Waals surface area (Å²) in [5.74, 6) is 0.0600. The van der Waals surface area contributed by atoms with E-state index in [1.165, 1.54) is 16.3 Å². The molecule has 1 amide bonds. The molecule has 0 radical (unpaired) electrons. The summed E-state index contributed by atoms with van der Waals surface area (Å²) in [5.41, 5.74) is 3.30. The van der Waals surface area contributed by atoms with Gasteiger partial charge in [0.1, 0.15) is 0 Å². The zero-order chi connectivity index (χ0) is 22.5. The van der Waals surface area contributed by atoms with Crippen LogP contribution in [0.4, 0.5) is 0 Å². The molecule has 1 atom stereocenters. The third-order valence-corrected chi connectivity index (χ3v) is 6.44. The van der Waals surface area contributed by atoms with Crippen LogP contribution in [0.3, 0.4) is 0 Å². The van der Waals surface area contributed by atoms with E-state index in [2.05, 4.69) is 23.2 Å². The molecule has 3 aromatic carbocycles. The van der Waals surface area contributed by atoms with Gasteiger partial charge in [0.25, 0.3) is 0 Å². The molecule has 33 heavy (non-hydrogen) atoms. The summed E-state index contributed by atoms with van der Waals surface area (Å²) in [5, 5.41) is 2.37. The van der Waals surface area contributed by atoms with E-state index in [4.69, 9.17) is 4.74 Å². The maximum Gasteiger partial charge on any atom is 0.234 e. The van der Waals surface area contributed by atoms with Crippen molar-refractivity contribution in [1.29, 1.82) is 0 Å². The number of ether oxygens (including phenoxy) is 1. The van der Waals surface area contributed by atoms with Gasteiger partial charge >= 0.3 is 0 Å². The first-order valence-electron chi connectivity index (χ1n) is 11.6. The Morgan fingerprint density at radius 2 is 1.67 bits per heavy atom. The summed E-state index contributed by atoms with van der Waals surface area (Å²) < 4.78 is 5.95. The molecule has 166 valence electrons. The average Bonchev–Trinajstić information content (AvgIpc) is 3.11. The molecule has 2 heterocycles. The highest BCUT2D eigenvalue weighted by Crippen LogP contribution is 2.28. The van der Waals surface area contributed by atoms with E-state index >= 15 is 0 Å². The van der Waals surface area contributed by atoms with Crippen LogP contribution in [0.25, 0.3) is 10.8 Å². The Bertz CT molecular complexity index is 1170. The van der Waals surface area contributed by atoms with Crippen molar-refractivity contribution in [2.24, 2.45) is 5.92 Å². The SMILES string of the molecule is O=C(C(c1ccccc1)c1ccccc1)N1CCOCC(Cc2cccc3ccncc23)C1. The van der Waals surface area contributed by atoms with Crippen molar-refractivity contribution in [3.63, 3.8) is 0 Å². The van der Waals surface area contributed by atoms with Gasteiger partial charge in [-0.2, -0.15) is 0 Å². The van der Waals surface area contributed by atoms with Gasteiger partial charge in [0, 0.05) is 36.8 Å². The average molecular weight is 437 g/mol. The molecule has 1 aliphatic heterocycles. The van der Waals surface area contributed by atoms with E-state index in [0.29, 0.717) is 26.3 Å². The van der Waals surface area contributed by atoms with Gasteiger partial charge in [-0.05, 0) is 34.6 Å². The predicted octanol–water partition coefficient (Wildman–Crippen LogP) is 5.08. The minimum absolute atomic E-state index is 0.141. The lowest BCUT2D eigenvalue weighted by molar-refractivity contribution is -0.132. The molecular weight excluding hydrogens is 408 g/mol. The number of hydrogen-bond acceptors (Lipinski definition) is 3. The molecule has 5 rings (SSSR count). The number of nitrogens with zero attached hydrogens (tertiary/aromatic N) is 2. The topological polar surface area (TPSA) is 42.4 Å². The smallest absolute Gasteiger partial charge is 0.234 e. The minimum atomic E-state index is -0.312. The second kappa shape index (κ2) is 9.97. The normalized spacial score (nSPS) is 16.6. The molecule has 1 aromatic heterocycles. The first kappa shape index (κ1) is 21.4. The number of rotatable bonds is 5. The van der Waals surface area contributed by atoms with Crippen LogP contribution in [0.5, 0.6) is 0 Å². The van der Waals surface area contributed by atoms with Crippen molar-refractivity contribution in [2.75, 3.05) is 26.3 Å². The van der Waals surface area contributed by atoms with Crippen molar-refractivity contribution in [1.82, 2.24) is 9.88 Å². The lowest BCUT2D eigenvalue weighted by atomic mass is 9.89. The molecule has 1 unspecified atom stereocenters. The molecule has 4 nitrogen and oxygen atoms in total. The second-order valence-corrected chi connectivity index (χ2v) is 8.70. The van der Waals surface area contributed by atoms with Gasteiger partial charge < -0.3 is 9.64 Å². The predicted molar refractivity (Wildman–Crippen MR) is 131 cm³/mol. The van der Waals surface area contributed by atoms with Crippen LogP contribution in [-0.4, -0.2) is 42.1 Å². The lowest BCUT2D eigenvalue weighted by Gasteiger charge is -2.29. The third kappa shape index (κ3) is 4.81. The highest BCUT2D eigenvalue weighted by atomic mass is 16.5. The highest BCUT2D eigenvalue weighted by Gasteiger charge is 2.30. The van der Waals surface area contributed by atoms with Gasteiger partial charge in [0.05, 0.1) is 19.1 Å². The molecule has 0 N–H and O–H groups in total. The number of fused-ring (bicyclic) bond motifs is 1. The summed E-state index contributed by atoms with van der Waals surface area (Å²) in [6.07, 6.45) is 4.62. The number of amides is 1. The van der Waals surface area contributed by atoms with E-state index < -0.39 is 0 Å². The van der Waals surface area contributed by atoms with Crippen LogP contribution in [0.1, 0.15) is 22.6 Å². The van der Waals surface area contributed by atoms with Crippen molar-refractivity contribution >= 4 is 16.7 Å². The van der Waals surface area contributed by atoms with Gasteiger partial charge in [-0.3, -0.25) is 9.78 Å². The van der Waals surface area contributed by atoms with E-state index in [0.717, 1.165) is 17.5 Å². The van der Waals surface area contributed by atoms with Crippen molar-refractivity contribution in [2.45, 2.75) is 12.3 Å². The molecular formula is C29H28N2O2. The van der Waals surface area contributed by atoms with Crippen LogP contribution < -0.4 is 0 Å². The summed E-state index contributed by atoms with van der Waals surface area (Å²) in [6.45, 7) is 2.52. The van der Waals surface area contributed by atoms with Gasteiger partial charge in [-0.25, -0.2) is 0 Å². The molecule has 0 saturated carbocycles. The number of pyridine rings is 1. The number of aromatic nitrogens is 1. The zero-order valence-electron chi connectivity index (χ0n) is 18.6. The maximum atomic E-state index is 13.9. The van der Waals surface area contributed by atoms with Crippen LogP contribution in [0.15, 0.2) is 97.3 Å².